The van der Waals surface area contributed by atoms with Crippen molar-refractivity contribution in [3.05, 3.63) is 33.0 Å². The Morgan fingerprint density at radius 3 is 2.89 bits per heavy atom. The van der Waals surface area contributed by atoms with Crippen LogP contribution in [0.15, 0.2) is 22.1 Å². The van der Waals surface area contributed by atoms with E-state index < -0.39 is 5.56 Å². The highest BCUT2D eigenvalue weighted by atomic mass is 32.1. The van der Waals surface area contributed by atoms with Crippen LogP contribution in [0.4, 0.5) is 5.82 Å². The zero-order chi connectivity index (χ0) is 19.4. The van der Waals surface area contributed by atoms with Gasteiger partial charge in [-0.2, -0.15) is 5.10 Å². The number of aromatic amines is 1. The predicted molar refractivity (Wildman–Crippen MR) is 106 cm³/mol. The molecule has 3 rings (SSSR count). The number of H-pyrrole nitrogens is 1. The summed E-state index contributed by atoms with van der Waals surface area (Å²) in [6, 6.07) is 2.15. The number of aromatic hydroxyl groups is 1. The molecule has 9 heteroatoms. The normalized spacial score (nSPS) is 16.0. The highest BCUT2D eigenvalue weighted by Gasteiger charge is 2.20. The number of aliphatic imine (C=N–C) groups is 1. The van der Waals surface area contributed by atoms with Crippen LogP contribution in [0.3, 0.4) is 0 Å². The van der Waals surface area contributed by atoms with E-state index in [-0.39, 0.29) is 16.2 Å². The minimum absolute atomic E-state index is 0.107. The van der Waals surface area contributed by atoms with Crippen LogP contribution < -0.4 is 5.56 Å². The molecular formula is C18H25N5O3S. The third kappa shape index (κ3) is 4.19. The molecule has 146 valence electrons. The number of rotatable bonds is 6. The lowest BCUT2D eigenvalue weighted by Crippen LogP contribution is -2.23. The van der Waals surface area contributed by atoms with Gasteiger partial charge in [-0.15, -0.1) is 0 Å². The summed E-state index contributed by atoms with van der Waals surface area (Å²) in [6.07, 6.45) is 7.51. The topological polar surface area (TPSA) is 97.4 Å². The van der Waals surface area contributed by atoms with Crippen molar-refractivity contribution in [3.8, 4) is 5.88 Å². The van der Waals surface area contributed by atoms with Crippen LogP contribution in [0.5, 0.6) is 5.88 Å². The fourth-order valence-corrected chi connectivity index (χ4v) is 3.78. The lowest BCUT2D eigenvalue weighted by Gasteiger charge is -2.23. The van der Waals surface area contributed by atoms with Crippen LogP contribution in [0.2, 0.25) is 0 Å². The van der Waals surface area contributed by atoms with Gasteiger partial charge in [0.05, 0.1) is 31.1 Å². The molecule has 2 aromatic rings. The first-order chi connectivity index (χ1) is 13.0. The number of nitrogens with zero attached hydrogens (tertiary/aromatic N) is 4. The van der Waals surface area contributed by atoms with Crippen LogP contribution in [-0.2, 0) is 11.3 Å². The van der Waals surface area contributed by atoms with Gasteiger partial charge in [0.15, 0.2) is 10.6 Å². The Bertz CT molecular complexity index is 937. The van der Waals surface area contributed by atoms with Crippen molar-refractivity contribution >= 4 is 23.7 Å². The van der Waals surface area contributed by atoms with Gasteiger partial charge >= 0.3 is 0 Å². The molecule has 2 aromatic heterocycles. The summed E-state index contributed by atoms with van der Waals surface area (Å²) in [7, 11) is 1.56. The molecule has 0 aromatic carbocycles. The molecule has 0 unspecified atom stereocenters. The summed E-state index contributed by atoms with van der Waals surface area (Å²) >= 11 is 5.15. The van der Waals surface area contributed by atoms with E-state index in [0.29, 0.717) is 30.7 Å². The van der Waals surface area contributed by atoms with E-state index >= 15 is 0 Å². The van der Waals surface area contributed by atoms with Gasteiger partial charge in [-0.25, -0.2) is 9.67 Å². The molecule has 2 heterocycles. The summed E-state index contributed by atoms with van der Waals surface area (Å²) in [6.45, 7) is 2.39. The molecule has 0 aliphatic heterocycles. The van der Waals surface area contributed by atoms with Crippen molar-refractivity contribution in [2.75, 3.05) is 13.7 Å². The number of ether oxygens (including phenoxy) is 1. The Morgan fingerprint density at radius 2 is 2.19 bits per heavy atom. The third-order valence-electron chi connectivity index (χ3n) is 4.91. The summed E-state index contributed by atoms with van der Waals surface area (Å²) in [5.74, 6) is 0.481. The fourth-order valence-electron chi connectivity index (χ4n) is 3.51. The fraction of sp³-hybridized carbons (Fsp3) is 0.556. The molecule has 1 aliphatic carbocycles. The van der Waals surface area contributed by atoms with E-state index in [9.17, 15) is 9.90 Å². The first-order valence-corrected chi connectivity index (χ1v) is 9.58. The average Bonchev–Trinajstić information content (AvgIpc) is 3.10. The molecule has 27 heavy (non-hydrogen) atoms. The maximum atomic E-state index is 12.4. The minimum atomic E-state index is -0.462. The third-order valence-corrected chi connectivity index (χ3v) is 5.23. The van der Waals surface area contributed by atoms with Gasteiger partial charge in [0, 0.05) is 13.2 Å². The van der Waals surface area contributed by atoms with Crippen LogP contribution in [-0.4, -0.2) is 43.9 Å². The molecule has 0 saturated heterocycles. The van der Waals surface area contributed by atoms with E-state index in [1.54, 1.807) is 20.2 Å². The number of nitrogens with one attached hydrogen (secondary N) is 1. The summed E-state index contributed by atoms with van der Waals surface area (Å²) in [4.78, 5) is 19.6. The van der Waals surface area contributed by atoms with Crippen LogP contribution in [0.25, 0.3) is 0 Å². The Balaban J connectivity index is 1.99. The standard InChI is InChI=1S/C18H25N5O3S/c1-12(15-16(24)21-18(27)22(17(15)25)10-11-26-2)20-14-8-9-19-23(14)13-6-4-3-5-7-13/h8-9,13,25H,3-7,10-11H2,1-2H3,(H,21,24,27). The van der Waals surface area contributed by atoms with Crippen LogP contribution >= 0.6 is 12.2 Å². The average molecular weight is 391 g/mol. The highest BCUT2D eigenvalue weighted by Crippen LogP contribution is 2.31. The van der Waals surface area contributed by atoms with Gasteiger partial charge in [-0.05, 0) is 32.0 Å². The first kappa shape index (κ1) is 19.5. The molecule has 0 spiro atoms. The van der Waals surface area contributed by atoms with Gasteiger partial charge < -0.3 is 9.84 Å². The number of methoxy groups -OCH3 is 1. The van der Waals surface area contributed by atoms with Crippen molar-refractivity contribution in [2.45, 2.75) is 51.6 Å². The van der Waals surface area contributed by atoms with Crippen LogP contribution in [0, 0.1) is 4.77 Å². The quantitative estimate of drug-likeness (QED) is 0.582. The molecule has 1 fully saturated rings. The molecular weight excluding hydrogens is 366 g/mol. The van der Waals surface area contributed by atoms with Crippen molar-refractivity contribution < 1.29 is 9.84 Å². The lowest BCUT2D eigenvalue weighted by atomic mass is 9.96. The lowest BCUT2D eigenvalue weighted by molar-refractivity contribution is 0.182. The zero-order valence-corrected chi connectivity index (χ0v) is 16.5. The molecule has 1 aliphatic rings. The largest absolute Gasteiger partial charge is 0.494 e. The van der Waals surface area contributed by atoms with Crippen LogP contribution in [0.1, 0.15) is 50.6 Å². The van der Waals surface area contributed by atoms with Gasteiger partial charge in [0.1, 0.15) is 5.56 Å². The highest BCUT2D eigenvalue weighted by molar-refractivity contribution is 7.71. The van der Waals surface area contributed by atoms with Gasteiger partial charge in [0.2, 0.25) is 5.88 Å². The predicted octanol–water partition coefficient (Wildman–Crippen LogP) is 3.10. The minimum Gasteiger partial charge on any atom is -0.494 e. The number of hydrogen-bond donors (Lipinski definition) is 2. The van der Waals surface area contributed by atoms with E-state index in [2.05, 4.69) is 15.1 Å². The first-order valence-electron chi connectivity index (χ1n) is 9.17. The second kappa shape index (κ2) is 8.62. The van der Waals surface area contributed by atoms with Gasteiger partial charge in [-0.1, -0.05) is 19.3 Å². The Morgan fingerprint density at radius 1 is 1.44 bits per heavy atom. The van der Waals surface area contributed by atoms with Crippen molar-refractivity contribution in [1.29, 1.82) is 0 Å². The molecule has 0 amide bonds. The Kier molecular flexibility index (Phi) is 6.22. The molecule has 2 N–H and O–H groups in total. The van der Waals surface area contributed by atoms with Crippen molar-refractivity contribution in [2.24, 2.45) is 4.99 Å². The molecule has 0 bridgehead atoms. The second-order valence-corrected chi connectivity index (χ2v) is 7.11. The SMILES string of the molecule is COCCn1c(O)c(C(C)=Nc2ccnn2C2CCCCC2)c(=O)[nH]c1=S. The van der Waals surface area contributed by atoms with Gasteiger partial charge in [0.25, 0.3) is 5.56 Å². The molecule has 0 radical (unpaired) electrons. The van der Waals surface area contributed by atoms with Gasteiger partial charge in [-0.3, -0.25) is 14.3 Å². The van der Waals surface area contributed by atoms with E-state index in [0.717, 1.165) is 12.8 Å². The maximum Gasteiger partial charge on any atom is 0.264 e. The summed E-state index contributed by atoms with van der Waals surface area (Å²) in [5, 5.41) is 15.0. The van der Waals surface area contributed by atoms with E-state index in [1.165, 1.54) is 23.8 Å². The monoisotopic (exact) mass is 391 g/mol. The zero-order valence-electron chi connectivity index (χ0n) is 15.6. The number of aromatic nitrogens is 4. The Labute approximate surface area is 162 Å². The summed E-state index contributed by atoms with van der Waals surface area (Å²) in [5.41, 5.74) is 0.0553. The second-order valence-electron chi connectivity index (χ2n) is 6.73. The summed E-state index contributed by atoms with van der Waals surface area (Å²) < 4.78 is 8.56. The molecule has 1 saturated carbocycles. The van der Waals surface area contributed by atoms with E-state index in [1.807, 2.05) is 10.7 Å². The maximum absolute atomic E-state index is 12.4. The van der Waals surface area contributed by atoms with Crippen molar-refractivity contribution in [3.63, 3.8) is 0 Å². The van der Waals surface area contributed by atoms with Crippen molar-refractivity contribution in [1.82, 2.24) is 19.3 Å². The Hall–Kier alpha value is -2.26. The smallest absolute Gasteiger partial charge is 0.264 e. The number of hydrogen-bond acceptors (Lipinski definition) is 6. The molecule has 8 nitrogen and oxygen atoms in total. The molecule has 0 atom stereocenters. The van der Waals surface area contributed by atoms with E-state index in [4.69, 9.17) is 17.0 Å².